The van der Waals surface area contributed by atoms with Crippen LogP contribution >= 0.6 is 0 Å². The summed E-state index contributed by atoms with van der Waals surface area (Å²) in [5.74, 6) is -0.293. The van der Waals surface area contributed by atoms with Crippen LogP contribution in [0.25, 0.3) is 0 Å². The second kappa shape index (κ2) is 10.9. The van der Waals surface area contributed by atoms with E-state index in [0.717, 1.165) is 5.56 Å². The number of benzene rings is 3. The van der Waals surface area contributed by atoms with Gasteiger partial charge < -0.3 is 9.47 Å². The monoisotopic (exact) mass is 497 g/mol. The molecule has 0 aliphatic rings. The van der Waals surface area contributed by atoms with Crippen LogP contribution < -0.4 is 25.0 Å². The van der Waals surface area contributed by atoms with E-state index < -0.39 is 21.8 Å². The highest BCUT2D eigenvalue weighted by Gasteiger charge is 2.17. The fourth-order valence-corrected chi connectivity index (χ4v) is 4.23. The third kappa shape index (κ3) is 6.51. The van der Waals surface area contributed by atoms with E-state index in [0.29, 0.717) is 17.2 Å². The number of anilines is 1. The van der Waals surface area contributed by atoms with Crippen LogP contribution in [-0.4, -0.2) is 33.4 Å². The molecular formula is C25H27N3O6S. The minimum absolute atomic E-state index is 0.00265. The number of sulfonamides is 1. The Hall–Kier alpha value is -4.05. The van der Waals surface area contributed by atoms with Gasteiger partial charge in [-0.1, -0.05) is 18.2 Å². The fraction of sp³-hybridized carbons (Fsp3) is 0.200. The summed E-state index contributed by atoms with van der Waals surface area (Å²) in [6, 6.07) is 17.0. The Bertz CT molecular complexity index is 1320. The van der Waals surface area contributed by atoms with Gasteiger partial charge in [-0.15, -0.1) is 0 Å². The van der Waals surface area contributed by atoms with Gasteiger partial charge in [-0.05, 0) is 74.9 Å². The summed E-state index contributed by atoms with van der Waals surface area (Å²) in [6.07, 6.45) is -0.0672. The maximum Gasteiger partial charge on any atom is 0.269 e. The van der Waals surface area contributed by atoms with E-state index in [4.69, 9.17) is 9.47 Å². The molecule has 9 nitrogen and oxygen atoms in total. The molecule has 0 radical (unpaired) electrons. The molecule has 35 heavy (non-hydrogen) atoms. The Labute approximate surface area is 204 Å². The Morgan fingerprint density at radius 1 is 0.829 bits per heavy atom. The Balaban J connectivity index is 1.63. The van der Waals surface area contributed by atoms with Crippen molar-refractivity contribution < 1.29 is 27.5 Å². The molecule has 3 rings (SSSR count). The van der Waals surface area contributed by atoms with Gasteiger partial charge in [0.15, 0.2) is 11.5 Å². The quantitative estimate of drug-likeness (QED) is 0.408. The lowest BCUT2D eigenvalue weighted by Gasteiger charge is -2.14. The number of hydrogen-bond donors (Lipinski definition) is 3. The number of para-hydroxylation sites is 1. The number of amides is 2. The van der Waals surface area contributed by atoms with E-state index in [-0.39, 0.29) is 22.1 Å². The van der Waals surface area contributed by atoms with Crippen molar-refractivity contribution in [1.29, 1.82) is 0 Å². The molecule has 3 aromatic carbocycles. The van der Waals surface area contributed by atoms with E-state index >= 15 is 0 Å². The van der Waals surface area contributed by atoms with Crippen molar-refractivity contribution in [3.05, 3.63) is 83.4 Å². The number of carbonyl (C=O) groups excluding carboxylic acids is 2. The van der Waals surface area contributed by atoms with Crippen LogP contribution in [0.4, 0.5) is 5.69 Å². The van der Waals surface area contributed by atoms with Crippen molar-refractivity contribution in [3.63, 3.8) is 0 Å². The summed E-state index contributed by atoms with van der Waals surface area (Å²) in [7, 11) is -2.37. The normalized spacial score (nSPS) is 11.0. The number of methoxy groups -OCH3 is 1. The first-order valence-corrected chi connectivity index (χ1v) is 12.2. The summed E-state index contributed by atoms with van der Waals surface area (Å²) < 4.78 is 38.7. The third-order valence-corrected chi connectivity index (χ3v) is 6.28. The number of hydrogen-bond acceptors (Lipinski definition) is 6. The maximum atomic E-state index is 12.7. The van der Waals surface area contributed by atoms with Crippen molar-refractivity contribution in [1.82, 2.24) is 10.9 Å². The molecule has 3 aromatic rings. The smallest absolute Gasteiger partial charge is 0.269 e. The van der Waals surface area contributed by atoms with E-state index in [9.17, 15) is 18.0 Å². The highest BCUT2D eigenvalue weighted by atomic mass is 32.2. The zero-order chi connectivity index (χ0) is 25.6. The molecule has 0 aliphatic heterocycles. The minimum atomic E-state index is -3.83. The van der Waals surface area contributed by atoms with Crippen molar-refractivity contribution in [2.45, 2.75) is 31.8 Å². The van der Waals surface area contributed by atoms with Crippen LogP contribution in [0.2, 0.25) is 0 Å². The summed E-state index contributed by atoms with van der Waals surface area (Å²) in [5.41, 5.74) is 6.31. The summed E-state index contributed by atoms with van der Waals surface area (Å²) >= 11 is 0. The third-order valence-electron chi connectivity index (χ3n) is 4.89. The fourth-order valence-electron chi connectivity index (χ4n) is 3.09. The molecule has 0 atom stereocenters. The average Bonchev–Trinajstić information content (AvgIpc) is 2.83. The van der Waals surface area contributed by atoms with Gasteiger partial charge in [0, 0.05) is 11.1 Å². The highest BCUT2D eigenvalue weighted by Crippen LogP contribution is 2.29. The standard InChI is InChI=1S/C25H27N3O6S/c1-16(2)34-22-14-11-19(15-23(22)33-4)25(30)27-26-24(29)18-9-12-20(13-10-18)35(31,32)28-21-8-6-5-7-17(21)3/h5-16,28H,1-4H3,(H,26,29)(H,27,30). The van der Waals surface area contributed by atoms with E-state index in [1.54, 1.807) is 37.3 Å². The Morgan fingerprint density at radius 2 is 1.43 bits per heavy atom. The van der Waals surface area contributed by atoms with Gasteiger partial charge in [-0.3, -0.25) is 25.2 Å². The van der Waals surface area contributed by atoms with Gasteiger partial charge in [0.1, 0.15) is 0 Å². The van der Waals surface area contributed by atoms with Crippen LogP contribution in [0.5, 0.6) is 11.5 Å². The first kappa shape index (κ1) is 25.6. The number of rotatable bonds is 8. The van der Waals surface area contributed by atoms with E-state index in [1.807, 2.05) is 19.9 Å². The van der Waals surface area contributed by atoms with Gasteiger partial charge in [-0.25, -0.2) is 8.42 Å². The number of hydrazine groups is 1. The first-order valence-electron chi connectivity index (χ1n) is 10.7. The molecule has 0 unspecified atom stereocenters. The lowest BCUT2D eigenvalue weighted by Crippen LogP contribution is -2.41. The maximum absolute atomic E-state index is 12.7. The Morgan fingerprint density at radius 3 is 2.03 bits per heavy atom. The molecule has 0 heterocycles. The number of ether oxygens (including phenoxy) is 2. The predicted molar refractivity (Wildman–Crippen MR) is 132 cm³/mol. The highest BCUT2D eigenvalue weighted by molar-refractivity contribution is 7.92. The number of carbonyl (C=O) groups is 2. The zero-order valence-corrected chi connectivity index (χ0v) is 20.6. The van der Waals surface area contributed by atoms with E-state index in [1.165, 1.54) is 37.4 Å². The summed E-state index contributed by atoms with van der Waals surface area (Å²) in [4.78, 5) is 24.9. The summed E-state index contributed by atoms with van der Waals surface area (Å²) in [5, 5.41) is 0. The second-order valence-electron chi connectivity index (χ2n) is 7.89. The predicted octanol–water partition coefficient (Wildman–Crippen LogP) is 3.67. The molecule has 0 saturated heterocycles. The molecule has 10 heteroatoms. The molecule has 0 spiro atoms. The topological polar surface area (TPSA) is 123 Å². The molecule has 3 N–H and O–H groups in total. The average molecular weight is 498 g/mol. The van der Waals surface area contributed by atoms with Gasteiger partial charge in [0.25, 0.3) is 21.8 Å². The van der Waals surface area contributed by atoms with Crippen LogP contribution in [0.3, 0.4) is 0 Å². The van der Waals surface area contributed by atoms with Crippen molar-refractivity contribution >= 4 is 27.5 Å². The zero-order valence-electron chi connectivity index (χ0n) is 19.8. The van der Waals surface area contributed by atoms with E-state index in [2.05, 4.69) is 15.6 Å². The molecule has 0 aliphatic carbocycles. The van der Waals surface area contributed by atoms with Gasteiger partial charge in [-0.2, -0.15) is 0 Å². The summed E-state index contributed by atoms with van der Waals surface area (Å²) in [6.45, 7) is 5.54. The van der Waals surface area contributed by atoms with Crippen LogP contribution in [0.15, 0.2) is 71.6 Å². The number of nitrogens with one attached hydrogen (secondary N) is 3. The van der Waals surface area contributed by atoms with Gasteiger partial charge in [0.2, 0.25) is 0 Å². The van der Waals surface area contributed by atoms with Crippen molar-refractivity contribution in [2.75, 3.05) is 11.8 Å². The van der Waals surface area contributed by atoms with Gasteiger partial charge in [0.05, 0.1) is 23.8 Å². The molecule has 2 amide bonds. The lowest BCUT2D eigenvalue weighted by molar-refractivity contribution is 0.0846. The molecular weight excluding hydrogens is 470 g/mol. The molecule has 0 saturated carbocycles. The van der Waals surface area contributed by atoms with Gasteiger partial charge >= 0.3 is 0 Å². The van der Waals surface area contributed by atoms with Crippen LogP contribution in [0.1, 0.15) is 40.1 Å². The van der Waals surface area contributed by atoms with Crippen LogP contribution in [-0.2, 0) is 10.0 Å². The Kier molecular flexibility index (Phi) is 7.98. The van der Waals surface area contributed by atoms with Crippen molar-refractivity contribution in [3.8, 4) is 11.5 Å². The SMILES string of the molecule is COc1cc(C(=O)NNC(=O)c2ccc(S(=O)(=O)Nc3ccccc3C)cc2)ccc1OC(C)C. The van der Waals surface area contributed by atoms with Crippen molar-refractivity contribution in [2.24, 2.45) is 0 Å². The number of aryl methyl sites for hydroxylation is 1. The molecule has 184 valence electrons. The molecule has 0 aromatic heterocycles. The largest absolute Gasteiger partial charge is 0.493 e. The minimum Gasteiger partial charge on any atom is -0.493 e. The second-order valence-corrected chi connectivity index (χ2v) is 9.57. The molecule has 0 bridgehead atoms. The molecule has 0 fully saturated rings. The first-order chi connectivity index (χ1) is 16.6. The lowest BCUT2D eigenvalue weighted by atomic mass is 10.2. The van der Waals surface area contributed by atoms with Crippen LogP contribution in [0, 0.1) is 6.92 Å².